The lowest BCUT2D eigenvalue weighted by Crippen LogP contribution is -2.58. The second-order valence-corrected chi connectivity index (χ2v) is 6.51. The number of nitrogens with zero attached hydrogens (tertiary/aromatic N) is 1. The van der Waals surface area contributed by atoms with Gasteiger partial charge in [0.2, 0.25) is 0 Å². The molecule has 25 heavy (non-hydrogen) atoms. The molecule has 134 valence electrons. The first-order valence-electron chi connectivity index (χ1n) is 7.88. The molecule has 3 atom stereocenters. The van der Waals surface area contributed by atoms with E-state index in [1.165, 1.54) is 19.2 Å². The minimum absolute atomic E-state index is 0.0997. The smallest absolute Gasteiger partial charge is 0.312 e. The van der Waals surface area contributed by atoms with Crippen LogP contribution >= 0.6 is 11.6 Å². The predicted molar refractivity (Wildman–Crippen MR) is 91.6 cm³/mol. The lowest BCUT2D eigenvalue weighted by atomic mass is 9.61. The minimum atomic E-state index is -1.36. The zero-order valence-corrected chi connectivity index (χ0v) is 15.0. The number of halogens is 2. The number of benzene rings is 1. The fourth-order valence-electron chi connectivity index (χ4n) is 3.69. The van der Waals surface area contributed by atoms with Crippen molar-refractivity contribution in [2.45, 2.75) is 32.2 Å². The molecule has 1 heterocycles. The van der Waals surface area contributed by atoms with Gasteiger partial charge in [-0.2, -0.15) is 5.26 Å². The van der Waals surface area contributed by atoms with Crippen molar-refractivity contribution in [1.29, 1.82) is 5.26 Å². The highest BCUT2D eigenvalue weighted by Gasteiger charge is 2.56. The largest absolute Gasteiger partial charge is 0.481 e. The summed E-state index contributed by atoms with van der Waals surface area (Å²) in [6, 6.07) is 5.36. The van der Waals surface area contributed by atoms with Crippen LogP contribution in [0.3, 0.4) is 0 Å². The van der Waals surface area contributed by atoms with Crippen LogP contribution in [0.5, 0.6) is 0 Å². The third-order valence-electron chi connectivity index (χ3n) is 4.93. The number of aliphatic carboxylic acids is 1. The average molecular weight is 367 g/mol. The number of nitrogens with one attached hydrogen (secondary N) is 1. The number of ether oxygens (including phenoxy) is 1. The molecule has 0 amide bonds. The molecule has 0 bridgehead atoms. The van der Waals surface area contributed by atoms with Crippen LogP contribution in [0.2, 0.25) is 5.02 Å². The van der Waals surface area contributed by atoms with E-state index >= 15 is 0 Å². The third-order valence-corrected chi connectivity index (χ3v) is 5.26. The maximum atomic E-state index is 13.5. The maximum absolute atomic E-state index is 13.5. The predicted octanol–water partition coefficient (Wildman–Crippen LogP) is 3.46. The number of hydrogen-bond donors (Lipinski definition) is 2. The first-order valence-corrected chi connectivity index (χ1v) is 8.25. The zero-order chi connectivity index (χ0) is 18.8. The van der Waals surface area contributed by atoms with Crippen molar-refractivity contribution in [2.75, 3.05) is 13.7 Å². The summed E-state index contributed by atoms with van der Waals surface area (Å²) in [5.41, 5.74) is -0.0848. The van der Waals surface area contributed by atoms with Gasteiger partial charge >= 0.3 is 5.97 Å². The number of methoxy groups -OCH3 is 1. The molecule has 3 unspecified atom stereocenters. The number of hydrogen-bond acceptors (Lipinski definition) is 4. The summed E-state index contributed by atoms with van der Waals surface area (Å²) >= 11 is 6.23. The van der Waals surface area contributed by atoms with Gasteiger partial charge in [0.1, 0.15) is 11.2 Å². The summed E-state index contributed by atoms with van der Waals surface area (Å²) in [4.78, 5) is 12.4. The second-order valence-electron chi connectivity index (χ2n) is 6.10. The van der Waals surface area contributed by atoms with E-state index in [-0.39, 0.29) is 23.6 Å². The first-order chi connectivity index (χ1) is 11.8. The third kappa shape index (κ3) is 3.10. The highest BCUT2D eigenvalue weighted by atomic mass is 35.5. The van der Waals surface area contributed by atoms with Gasteiger partial charge in [-0.25, -0.2) is 4.39 Å². The van der Waals surface area contributed by atoms with E-state index in [0.717, 1.165) is 6.07 Å². The Kier molecular flexibility index (Phi) is 5.71. The summed E-state index contributed by atoms with van der Waals surface area (Å²) in [6.07, 6.45) is 0.236. The molecule has 0 saturated heterocycles. The number of carbonyl (C=O) groups is 1. The Balaban J connectivity index is 2.81. The Bertz CT molecular complexity index is 759. The summed E-state index contributed by atoms with van der Waals surface area (Å²) in [5, 5.41) is 23.0. The lowest BCUT2D eigenvalue weighted by molar-refractivity contribution is -0.154. The highest BCUT2D eigenvalue weighted by molar-refractivity contribution is 6.31. The summed E-state index contributed by atoms with van der Waals surface area (Å²) in [5.74, 6) is -2.39. The Morgan fingerprint density at radius 1 is 1.56 bits per heavy atom. The van der Waals surface area contributed by atoms with Gasteiger partial charge in [0.25, 0.3) is 0 Å². The molecule has 0 fully saturated rings. The van der Waals surface area contributed by atoms with E-state index in [2.05, 4.69) is 11.4 Å². The molecule has 1 aromatic carbocycles. The van der Waals surface area contributed by atoms with Crippen LogP contribution < -0.4 is 5.32 Å². The van der Waals surface area contributed by atoms with Crippen LogP contribution in [0.25, 0.3) is 0 Å². The molecule has 0 aliphatic carbocycles. The normalized spacial score (nSPS) is 26.1. The monoisotopic (exact) mass is 366 g/mol. The van der Waals surface area contributed by atoms with E-state index in [1.54, 1.807) is 13.8 Å². The molecular weight excluding hydrogens is 347 g/mol. The molecule has 0 saturated carbocycles. The zero-order valence-electron chi connectivity index (χ0n) is 14.3. The second kappa shape index (κ2) is 7.42. The van der Waals surface area contributed by atoms with Crippen LogP contribution in [-0.2, 0) is 9.53 Å². The van der Waals surface area contributed by atoms with Crippen molar-refractivity contribution in [3.63, 3.8) is 0 Å². The van der Waals surface area contributed by atoms with Crippen LogP contribution in [-0.4, -0.2) is 30.8 Å². The van der Waals surface area contributed by atoms with Gasteiger partial charge in [-0.3, -0.25) is 4.79 Å². The Hall–Kier alpha value is -2.10. The Morgan fingerprint density at radius 2 is 2.24 bits per heavy atom. The number of allylic oxidation sites excluding steroid dienone is 2. The molecule has 1 aliphatic rings. The van der Waals surface area contributed by atoms with Crippen molar-refractivity contribution in [3.8, 4) is 6.07 Å². The summed E-state index contributed by atoms with van der Waals surface area (Å²) in [6.45, 7) is 3.61. The van der Waals surface area contributed by atoms with Gasteiger partial charge < -0.3 is 15.2 Å². The summed E-state index contributed by atoms with van der Waals surface area (Å²) in [7, 11) is 1.49. The van der Waals surface area contributed by atoms with Gasteiger partial charge in [0, 0.05) is 23.7 Å². The maximum Gasteiger partial charge on any atom is 0.312 e. The fourth-order valence-corrected chi connectivity index (χ4v) is 3.97. The van der Waals surface area contributed by atoms with Crippen molar-refractivity contribution in [1.82, 2.24) is 5.32 Å². The molecule has 0 aromatic heterocycles. The number of rotatable bonds is 5. The number of carboxylic acids is 1. The molecule has 7 heteroatoms. The van der Waals surface area contributed by atoms with Crippen molar-refractivity contribution >= 4 is 17.6 Å². The van der Waals surface area contributed by atoms with Gasteiger partial charge in [0.05, 0.1) is 24.3 Å². The molecule has 5 nitrogen and oxygen atoms in total. The average Bonchev–Trinajstić information content (AvgIpc) is 2.55. The summed E-state index contributed by atoms with van der Waals surface area (Å²) < 4.78 is 18.7. The van der Waals surface area contributed by atoms with Crippen molar-refractivity contribution < 1.29 is 19.0 Å². The molecule has 2 N–H and O–H groups in total. The number of nitriles is 1. The lowest BCUT2D eigenvalue weighted by Gasteiger charge is -2.47. The quantitative estimate of drug-likeness (QED) is 0.833. The van der Waals surface area contributed by atoms with Crippen LogP contribution in [0, 0.1) is 22.6 Å². The SMILES string of the molecule is CCC1(C(=O)O)C(COC)NC(C)=C(C#N)C1c1ccc(F)cc1Cl. The molecule has 1 aliphatic heterocycles. The first kappa shape index (κ1) is 19.2. The van der Waals surface area contributed by atoms with E-state index in [1.807, 2.05) is 0 Å². The standard InChI is InChI=1S/C18H20ClFN2O3/c1-4-18(17(23)24)15(9-25-3)22-10(2)13(8-21)16(18)12-6-5-11(20)7-14(12)19/h5-7,15-16,22H,4,9H2,1-3H3,(H,23,24). The van der Waals surface area contributed by atoms with Gasteiger partial charge in [-0.05, 0) is 31.0 Å². The Labute approximate surface area is 151 Å². The van der Waals surface area contributed by atoms with Crippen LogP contribution in [0.1, 0.15) is 31.7 Å². The van der Waals surface area contributed by atoms with E-state index < -0.39 is 29.2 Å². The van der Waals surface area contributed by atoms with Gasteiger partial charge in [-0.1, -0.05) is 24.6 Å². The topological polar surface area (TPSA) is 82.3 Å². The van der Waals surface area contributed by atoms with Gasteiger partial charge in [-0.15, -0.1) is 0 Å². The van der Waals surface area contributed by atoms with Crippen LogP contribution in [0.15, 0.2) is 29.5 Å². The van der Waals surface area contributed by atoms with E-state index in [9.17, 15) is 19.6 Å². The van der Waals surface area contributed by atoms with E-state index in [0.29, 0.717) is 11.3 Å². The molecule has 2 rings (SSSR count). The number of carboxylic acid groups (broad SMARTS) is 1. The molecule has 1 aromatic rings. The molecule has 0 spiro atoms. The van der Waals surface area contributed by atoms with E-state index in [4.69, 9.17) is 16.3 Å². The minimum Gasteiger partial charge on any atom is -0.481 e. The molecule has 0 radical (unpaired) electrons. The van der Waals surface area contributed by atoms with Crippen molar-refractivity contribution in [2.24, 2.45) is 5.41 Å². The Morgan fingerprint density at radius 3 is 2.72 bits per heavy atom. The van der Waals surface area contributed by atoms with Crippen LogP contribution in [0.4, 0.5) is 4.39 Å². The van der Waals surface area contributed by atoms with Gasteiger partial charge in [0.15, 0.2) is 0 Å². The highest BCUT2D eigenvalue weighted by Crippen LogP contribution is 2.51. The fraction of sp³-hybridized carbons (Fsp3) is 0.444. The van der Waals surface area contributed by atoms with Crippen molar-refractivity contribution in [3.05, 3.63) is 45.9 Å². The molecular formula is C18H20ClFN2O3.